The molecular formula is C16H17ClN2O3S. The van der Waals surface area contributed by atoms with E-state index in [1.165, 1.54) is 11.3 Å². The molecule has 2 N–H and O–H groups in total. The summed E-state index contributed by atoms with van der Waals surface area (Å²) in [5.74, 6) is 0.0320. The minimum Gasteiger partial charge on any atom is -0.497 e. The fourth-order valence-corrected chi connectivity index (χ4v) is 2.67. The zero-order chi connectivity index (χ0) is 16.8. The number of alkyl halides is 1. The molecule has 1 aromatic heterocycles. The number of carbonyl (C=O) groups excluding carboxylic acids is 2. The van der Waals surface area contributed by atoms with Gasteiger partial charge in [-0.2, -0.15) is 0 Å². The van der Waals surface area contributed by atoms with E-state index in [0.717, 1.165) is 0 Å². The van der Waals surface area contributed by atoms with Crippen LogP contribution in [0.1, 0.15) is 23.0 Å². The van der Waals surface area contributed by atoms with Gasteiger partial charge in [0, 0.05) is 11.8 Å². The molecule has 0 saturated heterocycles. The number of nitrogens with one attached hydrogen (secondary N) is 2. The van der Waals surface area contributed by atoms with Crippen molar-refractivity contribution >= 4 is 46.1 Å². The normalized spacial score (nSPS) is 11.6. The number of carbonyl (C=O) groups is 2. The summed E-state index contributed by atoms with van der Waals surface area (Å²) in [4.78, 5) is 24.7. The molecule has 0 aliphatic rings. The summed E-state index contributed by atoms with van der Waals surface area (Å²) in [6.07, 6.45) is 0.517. The van der Waals surface area contributed by atoms with Gasteiger partial charge in [0.1, 0.15) is 16.0 Å². The molecule has 7 heteroatoms. The van der Waals surface area contributed by atoms with Crippen molar-refractivity contribution in [3.8, 4) is 5.75 Å². The third-order valence-electron chi connectivity index (χ3n) is 3.10. The zero-order valence-electron chi connectivity index (χ0n) is 12.8. The van der Waals surface area contributed by atoms with Crippen LogP contribution in [0.3, 0.4) is 0 Å². The van der Waals surface area contributed by atoms with Crippen molar-refractivity contribution in [3.05, 3.63) is 40.6 Å². The number of amides is 2. The molecule has 1 atom stereocenters. The fraction of sp³-hybridized carbons (Fsp3) is 0.250. The molecule has 2 aromatic rings. The summed E-state index contributed by atoms with van der Waals surface area (Å²) < 4.78 is 5.12. The second kappa shape index (κ2) is 7.99. The van der Waals surface area contributed by atoms with Gasteiger partial charge in [0.25, 0.3) is 5.91 Å². The lowest BCUT2D eigenvalue weighted by Crippen LogP contribution is -2.23. The van der Waals surface area contributed by atoms with E-state index in [1.807, 2.05) is 6.92 Å². The first-order valence-corrected chi connectivity index (χ1v) is 8.34. The molecule has 122 valence electrons. The van der Waals surface area contributed by atoms with Crippen LogP contribution in [0, 0.1) is 0 Å². The van der Waals surface area contributed by atoms with Crippen molar-refractivity contribution in [2.45, 2.75) is 18.7 Å². The second-order valence-corrected chi connectivity index (χ2v) is 6.16. The lowest BCUT2D eigenvalue weighted by Gasteiger charge is -2.10. The molecule has 0 bridgehead atoms. The number of thiophene rings is 1. The van der Waals surface area contributed by atoms with Crippen LogP contribution in [0.5, 0.6) is 5.75 Å². The second-order valence-electron chi connectivity index (χ2n) is 4.71. The molecule has 1 heterocycles. The molecule has 0 aliphatic carbocycles. The average Bonchev–Trinajstić information content (AvgIpc) is 3.02. The molecule has 0 aliphatic heterocycles. The van der Waals surface area contributed by atoms with Crippen LogP contribution in [-0.2, 0) is 4.79 Å². The maximum Gasteiger partial charge on any atom is 0.267 e. The van der Waals surface area contributed by atoms with E-state index in [0.29, 0.717) is 28.4 Å². The Morgan fingerprint density at radius 1 is 1.30 bits per heavy atom. The molecule has 2 amide bonds. The highest BCUT2D eigenvalue weighted by Crippen LogP contribution is 2.25. The van der Waals surface area contributed by atoms with Crippen molar-refractivity contribution < 1.29 is 14.3 Å². The lowest BCUT2D eigenvalue weighted by atomic mass is 10.2. The number of benzene rings is 1. The molecule has 1 aromatic carbocycles. The first kappa shape index (κ1) is 17.3. The molecule has 0 saturated carbocycles. The van der Waals surface area contributed by atoms with E-state index in [9.17, 15) is 9.59 Å². The van der Waals surface area contributed by atoms with Gasteiger partial charge >= 0.3 is 0 Å². The number of ether oxygens (including phenoxy) is 1. The summed E-state index contributed by atoms with van der Waals surface area (Å²) in [7, 11) is 1.56. The predicted octanol–water partition coefficient (Wildman–Crippen LogP) is 3.96. The van der Waals surface area contributed by atoms with E-state index in [2.05, 4.69) is 10.6 Å². The molecule has 0 radical (unpaired) electrons. The monoisotopic (exact) mass is 352 g/mol. The molecule has 23 heavy (non-hydrogen) atoms. The van der Waals surface area contributed by atoms with Crippen LogP contribution >= 0.6 is 22.9 Å². The van der Waals surface area contributed by atoms with Gasteiger partial charge < -0.3 is 15.4 Å². The molecular weight excluding hydrogens is 336 g/mol. The maximum atomic E-state index is 12.4. The summed E-state index contributed by atoms with van der Waals surface area (Å²) in [5, 5.41) is 6.59. The highest BCUT2D eigenvalue weighted by Gasteiger charge is 2.18. The molecule has 5 nitrogen and oxygen atoms in total. The third-order valence-corrected chi connectivity index (χ3v) is 4.52. The van der Waals surface area contributed by atoms with Crippen LogP contribution in [0.25, 0.3) is 0 Å². The highest BCUT2D eigenvalue weighted by molar-refractivity contribution is 7.12. The minimum atomic E-state index is -0.621. The fourth-order valence-electron chi connectivity index (χ4n) is 1.87. The standard InChI is InChI=1S/C16H17ClN2O3S/c1-3-12(17)15(20)19-13-7-8-23-14(13)16(21)18-10-5-4-6-11(9-10)22-2/h4-9,12H,3H2,1-2H3,(H,18,21)(H,19,20). The van der Waals surface area contributed by atoms with E-state index in [1.54, 1.807) is 42.8 Å². The number of hydrogen-bond acceptors (Lipinski definition) is 4. The Hall–Kier alpha value is -2.05. The number of halogens is 1. The lowest BCUT2D eigenvalue weighted by molar-refractivity contribution is -0.115. The summed E-state index contributed by atoms with van der Waals surface area (Å²) in [6, 6.07) is 8.73. The van der Waals surface area contributed by atoms with Crippen molar-refractivity contribution in [1.29, 1.82) is 0 Å². The average molecular weight is 353 g/mol. The summed E-state index contributed by atoms with van der Waals surface area (Å²) in [6.45, 7) is 1.82. The Morgan fingerprint density at radius 2 is 2.09 bits per heavy atom. The van der Waals surface area contributed by atoms with E-state index >= 15 is 0 Å². The Labute approximate surface area is 143 Å². The van der Waals surface area contributed by atoms with Gasteiger partial charge in [-0.3, -0.25) is 9.59 Å². The van der Waals surface area contributed by atoms with Gasteiger partial charge in [-0.15, -0.1) is 22.9 Å². The van der Waals surface area contributed by atoms with Crippen LogP contribution in [-0.4, -0.2) is 24.3 Å². The minimum absolute atomic E-state index is 0.300. The quantitative estimate of drug-likeness (QED) is 0.773. The van der Waals surface area contributed by atoms with Crippen molar-refractivity contribution in [3.63, 3.8) is 0 Å². The van der Waals surface area contributed by atoms with Crippen molar-refractivity contribution in [2.24, 2.45) is 0 Å². The number of hydrogen-bond donors (Lipinski definition) is 2. The first-order valence-electron chi connectivity index (χ1n) is 7.03. The summed E-state index contributed by atoms with van der Waals surface area (Å²) in [5.41, 5.74) is 1.07. The molecule has 0 fully saturated rings. The Morgan fingerprint density at radius 3 is 2.78 bits per heavy atom. The van der Waals surface area contributed by atoms with Crippen LogP contribution in [0.2, 0.25) is 0 Å². The van der Waals surface area contributed by atoms with Crippen LogP contribution in [0.4, 0.5) is 11.4 Å². The topological polar surface area (TPSA) is 67.4 Å². The van der Waals surface area contributed by atoms with Gasteiger partial charge in [0.2, 0.25) is 5.91 Å². The van der Waals surface area contributed by atoms with Crippen molar-refractivity contribution in [1.82, 2.24) is 0 Å². The largest absolute Gasteiger partial charge is 0.497 e. The molecule has 1 unspecified atom stereocenters. The number of methoxy groups -OCH3 is 1. The van der Waals surface area contributed by atoms with Crippen LogP contribution < -0.4 is 15.4 Å². The van der Waals surface area contributed by atoms with Gasteiger partial charge in [-0.05, 0) is 30.0 Å². The smallest absolute Gasteiger partial charge is 0.267 e. The SMILES string of the molecule is CCC(Cl)C(=O)Nc1ccsc1C(=O)Nc1cccc(OC)c1. The van der Waals surface area contributed by atoms with Gasteiger partial charge in [0.05, 0.1) is 12.8 Å². The van der Waals surface area contributed by atoms with E-state index in [4.69, 9.17) is 16.3 Å². The van der Waals surface area contributed by atoms with Gasteiger partial charge in [-0.1, -0.05) is 13.0 Å². The van der Waals surface area contributed by atoms with Crippen LogP contribution in [0.15, 0.2) is 35.7 Å². The Kier molecular flexibility index (Phi) is 6.01. The summed E-state index contributed by atoms with van der Waals surface area (Å²) >= 11 is 7.15. The van der Waals surface area contributed by atoms with E-state index in [-0.39, 0.29) is 11.8 Å². The molecule has 0 spiro atoms. The van der Waals surface area contributed by atoms with Crippen molar-refractivity contribution in [2.75, 3.05) is 17.7 Å². The predicted molar refractivity (Wildman–Crippen MR) is 93.8 cm³/mol. The number of rotatable bonds is 6. The first-order chi connectivity index (χ1) is 11.0. The Balaban J connectivity index is 2.11. The van der Waals surface area contributed by atoms with Gasteiger partial charge in [-0.25, -0.2) is 0 Å². The van der Waals surface area contributed by atoms with E-state index < -0.39 is 5.38 Å². The zero-order valence-corrected chi connectivity index (χ0v) is 14.3. The molecule has 2 rings (SSSR count). The van der Waals surface area contributed by atoms with Gasteiger partial charge in [0.15, 0.2) is 0 Å². The Bertz CT molecular complexity index is 702. The highest BCUT2D eigenvalue weighted by atomic mass is 35.5. The third kappa shape index (κ3) is 4.46. The maximum absolute atomic E-state index is 12.4. The number of anilines is 2.